The molecule has 3 aromatic heterocycles. The van der Waals surface area contributed by atoms with Gasteiger partial charge in [-0.15, -0.1) is 22.7 Å². The summed E-state index contributed by atoms with van der Waals surface area (Å²) >= 11 is 2.80. The Labute approximate surface area is 183 Å². The minimum Gasteiger partial charge on any atom is -0.488 e. The molecule has 1 N–H and O–H groups in total. The molecule has 0 fully saturated rings. The average Bonchev–Trinajstić information content (AvgIpc) is 3.41. The predicted molar refractivity (Wildman–Crippen MR) is 122 cm³/mol. The summed E-state index contributed by atoms with van der Waals surface area (Å²) in [6.45, 7) is 6.44. The summed E-state index contributed by atoms with van der Waals surface area (Å²) in [5.41, 5.74) is 5.87. The van der Waals surface area contributed by atoms with Crippen molar-refractivity contribution in [2.45, 2.75) is 27.4 Å². The number of benzene rings is 1. The van der Waals surface area contributed by atoms with Crippen LogP contribution < -0.4 is 10.1 Å². The third-order valence-corrected chi connectivity index (χ3v) is 6.42. The fraction of sp³-hybridized carbons (Fsp3) is 0.227. The monoisotopic (exact) mass is 438 g/mol. The molecule has 1 aromatic carbocycles. The van der Waals surface area contributed by atoms with Crippen LogP contribution in [0.15, 0.2) is 41.2 Å². The van der Waals surface area contributed by atoms with Gasteiger partial charge in [-0.25, -0.2) is 4.98 Å². The van der Waals surface area contributed by atoms with E-state index in [1.54, 1.807) is 4.68 Å². The van der Waals surface area contributed by atoms with Crippen molar-refractivity contribution in [2.24, 2.45) is 7.05 Å². The van der Waals surface area contributed by atoms with Crippen molar-refractivity contribution in [3.63, 3.8) is 0 Å². The number of nitrogens with one attached hydrogen (secondary N) is 1. The Morgan fingerprint density at radius 2 is 1.93 bits per heavy atom. The number of nitrogens with zero attached hydrogens (tertiary/aromatic N) is 3. The van der Waals surface area contributed by atoms with Crippen LogP contribution in [0, 0.1) is 20.8 Å². The lowest BCUT2D eigenvalue weighted by Gasteiger charge is -2.10. The highest BCUT2D eigenvalue weighted by atomic mass is 32.1. The largest absolute Gasteiger partial charge is 0.488 e. The van der Waals surface area contributed by atoms with E-state index in [1.807, 2.05) is 69.0 Å². The topological polar surface area (TPSA) is 69.0 Å². The summed E-state index contributed by atoms with van der Waals surface area (Å²) in [5.74, 6) is 0.734. The maximum absolute atomic E-state index is 12.6. The zero-order chi connectivity index (χ0) is 21.3. The SMILES string of the molecule is Cc1cccc(C)c1OCc1csc(C(=O)Nc2nc(-c3cn(C)nc3C)cs2)c1. The maximum atomic E-state index is 12.6. The number of carbonyl (C=O) groups excluding carboxylic acids is 1. The van der Waals surface area contributed by atoms with Gasteiger partial charge in [0.2, 0.25) is 0 Å². The summed E-state index contributed by atoms with van der Waals surface area (Å²) in [6, 6.07) is 7.95. The maximum Gasteiger partial charge on any atom is 0.267 e. The Bertz CT molecular complexity index is 1190. The lowest BCUT2D eigenvalue weighted by molar-refractivity contribution is 0.103. The number of aromatic nitrogens is 3. The summed E-state index contributed by atoms with van der Waals surface area (Å²) in [5, 5.41) is 11.7. The van der Waals surface area contributed by atoms with E-state index >= 15 is 0 Å². The lowest BCUT2D eigenvalue weighted by Crippen LogP contribution is -2.10. The van der Waals surface area contributed by atoms with Crippen molar-refractivity contribution in [3.05, 3.63) is 68.5 Å². The van der Waals surface area contributed by atoms with Gasteiger partial charge in [-0.3, -0.25) is 14.8 Å². The molecule has 0 spiro atoms. The predicted octanol–water partition coefficient (Wildman–Crippen LogP) is 5.36. The highest BCUT2D eigenvalue weighted by Gasteiger charge is 2.15. The first kappa shape index (κ1) is 20.3. The van der Waals surface area contributed by atoms with Gasteiger partial charge < -0.3 is 4.74 Å². The molecule has 0 unspecified atom stereocenters. The van der Waals surface area contributed by atoms with Crippen molar-refractivity contribution < 1.29 is 9.53 Å². The van der Waals surface area contributed by atoms with Gasteiger partial charge in [0, 0.05) is 29.8 Å². The Balaban J connectivity index is 1.40. The number of ether oxygens (including phenoxy) is 1. The number of thiazole rings is 1. The minimum absolute atomic E-state index is 0.165. The number of hydrogen-bond donors (Lipinski definition) is 1. The molecule has 1 amide bonds. The van der Waals surface area contributed by atoms with Crippen molar-refractivity contribution in [1.29, 1.82) is 0 Å². The number of anilines is 1. The van der Waals surface area contributed by atoms with Gasteiger partial charge in [-0.05, 0) is 43.3 Å². The molecule has 4 rings (SSSR count). The van der Waals surface area contributed by atoms with Gasteiger partial charge >= 0.3 is 0 Å². The molecular formula is C22H22N4O2S2. The number of para-hydroxylation sites is 1. The number of rotatable bonds is 6. The van der Waals surface area contributed by atoms with Crippen LogP contribution in [-0.4, -0.2) is 20.7 Å². The summed E-state index contributed by atoms with van der Waals surface area (Å²) in [6.07, 6.45) is 1.93. The molecule has 0 aliphatic heterocycles. The first-order chi connectivity index (χ1) is 14.4. The van der Waals surface area contributed by atoms with E-state index in [4.69, 9.17) is 4.74 Å². The molecule has 6 nitrogen and oxygen atoms in total. The second-order valence-electron chi connectivity index (χ2n) is 7.12. The van der Waals surface area contributed by atoms with Gasteiger partial charge in [-0.2, -0.15) is 5.10 Å². The van der Waals surface area contributed by atoms with Gasteiger partial charge in [0.1, 0.15) is 12.4 Å². The first-order valence-corrected chi connectivity index (χ1v) is 11.2. The summed E-state index contributed by atoms with van der Waals surface area (Å²) in [4.78, 5) is 17.8. The van der Waals surface area contributed by atoms with Crippen LogP contribution >= 0.6 is 22.7 Å². The highest BCUT2D eigenvalue weighted by Crippen LogP contribution is 2.28. The summed E-state index contributed by atoms with van der Waals surface area (Å²) < 4.78 is 7.75. The molecule has 0 bridgehead atoms. The van der Waals surface area contributed by atoms with E-state index in [0.29, 0.717) is 16.6 Å². The third kappa shape index (κ3) is 4.29. The Kier molecular flexibility index (Phi) is 5.69. The zero-order valence-corrected chi connectivity index (χ0v) is 18.9. The highest BCUT2D eigenvalue weighted by molar-refractivity contribution is 7.14. The fourth-order valence-electron chi connectivity index (χ4n) is 3.22. The molecule has 8 heteroatoms. The van der Waals surface area contributed by atoms with Gasteiger partial charge in [-0.1, -0.05) is 18.2 Å². The van der Waals surface area contributed by atoms with Crippen LogP contribution in [0.5, 0.6) is 5.75 Å². The number of amides is 1. The normalized spacial score (nSPS) is 10.9. The minimum atomic E-state index is -0.165. The van der Waals surface area contributed by atoms with E-state index in [1.165, 1.54) is 22.7 Å². The van der Waals surface area contributed by atoms with E-state index in [2.05, 4.69) is 15.4 Å². The first-order valence-electron chi connectivity index (χ1n) is 9.44. The van der Waals surface area contributed by atoms with Gasteiger partial charge in [0.25, 0.3) is 5.91 Å². The smallest absolute Gasteiger partial charge is 0.267 e. The number of hydrogen-bond acceptors (Lipinski definition) is 6. The van der Waals surface area contributed by atoms with Crippen LogP contribution in [0.2, 0.25) is 0 Å². The Hall–Kier alpha value is -2.97. The number of carbonyl (C=O) groups is 1. The standard InChI is InChI=1S/C22H22N4O2S2/c1-13-6-5-7-14(2)20(13)28-10-16-8-19(29-11-16)21(27)24-22-23-18(12-30-22)17-9-26(4)25-15(17)3/h5-9,11-12H,10H2,1-4H3,(H,23,24,27). The van der Waals surface area contributed by atoms with Crippen molar-refractivity contribution >= 4 is 33.7 Å². The molecule has 0 saturated carbocycles. The van der Waals surface area contributed by atoms with Crippen LogP contribution in [-0.2, 0) is 13.7 Å². The molecule has 3 heterocycles. The van der Waals surface area contributed by atoms with Crippen molar-refractivity contribution in [2.75, 3.05) is 5.32 Å². The molecule has 0 atom stereocenters. The van der Waals surface area contributed by atoms with E-state index < -0.39 is 0 Å². The Morgan fingerprint density at radius 3 is 2.63 bits per heavy atom. The van der Waals surface area contributed by atoms with E-state index in [9.17, 15) is 4.79 Å². The summed E-state index contributed by atoms with van der Waals surface area (Å²) in [7, 11) is 1.88. The third-order valence-electron chi connectivity index (χ3n) is 4.68. The molecule has 154 valence electrons. The van der Waals surface area contributed by atoms with E-state index in [0.717, 1.165) is 39.4 Å². The second kappa shape index (κ2) is 8.41. The number of aryl methyl sites for hydroxylation is 4. The van der Waals surface area contributed by atoms with Crippen LogP contribution in [0.3, 0.4) is 0 Å². The molecule has 0 saturated heterocycles. The molecule has 4 aromatic rings. The average molecular weight is 439 g/mol. The van der Waals surface area contributed by atoms with Crippen LogP contribution in [0.25, 0.3) is 11.3 Å². The molecule has 30 heavy (non-hydrogen) atoms. The molecular weight excluding hydrogens is 416 g/mol. The lowest BCUT2D eigenvalue weighted by atomic mass is 10.1. The zero-order valence-electron chi connectivity index (χ0n) is 17.2. The van der Waals surface area contributed by atoms with E-state index in [-0.39, 0.29) is 5.91 Å². The fourth-order valence-corrected chi connectivity index (χ4v) is 4.71. The number of thiophene rings is 1. The Morgan fingerprint density at radius 1 is 1.17 bits per heavy atom. The van der Waals surface area contributed by atoms with Crippen molar-refractivity contribution in [3.8, 4) is 17.0 Å². The van der Waals surface area contributed by atoms with Gasteiger partial charge in [0.05, 0.1) is 16.3 Å². The van der Waals surface area contributed by atoms with Gasteiger partial charge in [0.15, 0.2) is 5.13 Å². The van der Waals surface area contributed by atoms with Crippen molar-refractivity contribution in [1.82, 2.24) is 14.8 Å². The second-order valence-corrected chi connectivity index (χ2v) is 8.89. The quantitative estimate of drug-likeness (QED) is 0.440. The molecule has 0 radical (unpaired) electrons. The van der Waals surface area contributed by atoms with Crippen LogP contribution in [0.4, 0.5) is 5.13 Å². The van der Waals surface area contributed by atoms with Crippen LogP contribution in [0.1, 0.15) is 32.1 Å². The molecule has 0 aliphatic rings. The molecule has 0 aliphatic carbocycles.